The van der Waals surface area contributed by atoms with E-state index in [4.69, 9.17) is 14.9 Å². The quantitative estimate of drug-likeness (QED) is 0.147. The minimum absolute atomic E-state index is 0.268. The lowest BCUT2D eigenvalue weighted by Gasteiger charge is -2.24. The minimum Gasteiger partial charge on any atom is -0.497 e. The molecule has 0 aliphatic heterocycles. The highest BCUT2D eigenvalue weighted by molar-refractivity contribution is 5.81. The molecule has 7 aromatic rings. The molecule has 0 aliphatic carbocycles. The molecule has 0 N–H and O–H groups in total. The summed E-state index contributed by atoms with van der Waals surface area (Å²) in [6, 6.07) is 46.7. The summed E-state index contributed by atoms with van der Waals surface area (Å²) in [5.74, 6) is 2.59. The van der Waals surface area contributed by atoms with Gasteiger partial charge in [-0.3, -0.25) is 4.90 Å². The first-order valence-corrected chi connectivity index (χ1v) is 17.3. The lowest BCUT2D eigenvalue weighted by Crippen LogP contribution is -2.15. The molecule has 2 aromatic heterocycles. The van der Waals surface area contributed by atoms with E-state index in [1.54, 1.807) is 7.11 Å². The second-order valence-corrected chi connectivity index (χ2v) is 13.0. The van der Waals surface area contributed by atoms with E-state index in [1.165, 1.54) is 22.3 Å². The monoisotopic (exact) mass is 657 g/mol. The van der Waals surface area contributed by atoms with Gasteiger partial charge in [0.05, 0.1) is 35.6 Å². The fourth-order valence-corrected chi connectivity index (χ4v) is 6.64. The highest BCUT2D eigenvalue weighted by atomic mass is 16.5. The van der Waals surface area contributed by atoms with E-state index in [1.807, 2.05) is 22.9 Å². The van der Waals surface area contributed by atoms with Crippen LogP contribution in [-0.4, -0.2) is 26.7 Å². The van der Waals surface area contributed by atoms with E-state index in [9.17, 15) is 0 Å². The largest absolute Gasteiger partial charge is 0.497 e. The number of nitrogens with zero attached hydrogens (tertiary/aromatic N) is 5. The number of aryl methyl sites for hydroxylation is 3. The van der Waals surface area contributed by atoms with Gasteiger partial charge in [0.1, 0.15) is 5.75 Å². The maximum Gasteiger partial charge on any atom is 0.161 e. The molecule has 250 valence electrons. The third-order valence-electron chi connectivity index (χ3n) is 9.32. The molecule has 0 bridgehead atoms. The Balaban J connectivity index is 1.53. The number of anilines is 3. The molecule has 0 saturated carbocycles. The second-order valence-electron chi connectivity index (χ2n) is 13.0. The SMILES string of the molecule is CCc1ccccc1-c1cc(N(c2cc(-c3ccccc3C)n(-c3cccc(OC)c3)n2)c2ccccc2C(C)C)nn1-c1ccc(C)cc1. The van der Waals surface area contributed by atoms with Crippen LogP contribution in [0.4, 0.5) is 17.3 Å². The van der Waals surface area contributed by atoms with Crippen LogP contribution in [0.15, 0.2) is 133 Å². The van der Waals surface area contributed by atoms with Crippen molar-refractivity contribution in [1.82, 2.24) is 19.6 Å². The molecular weight excluding hydrogens is 615 g/mol. The van der Waals surface area contributed by atoms with E-state index in [-0.39, 0.29) is 5.92 Å². The lowest BCUT2D eigenvalue weighted by atomic mass is 10.00. The van der Waals surface area contributed by atoms with Crippen LogP contribution < -0.4 is 9.64 Å². The number of hydrogen-bond acceptors (Lipinski definition) is 4. The smallest absolute Gasteiger partial charge is 0.161 e. The Morgan fingerprint density at radius 1 is 0.640 bits per heavy atom. The van der Waals surface area contributed by atoms with Crippen LogP contribution in [0.3, 0.4) is 0 Å². The summed E-state index contributed by atoms with van der Waals surface area (Å²) >= 11 is 0. The van der Waals surface area contributed by atoms with Crippen molar-refractivity contribution < 1.29 is 4.74 Å². The van der Waals surface area contributed by atoms with Crippen molar-refractivity contribution in [3.8, 4) is 39.6 Å². The Kier molecular flexibility index (Phi) is 9.09. The van der Waals surface area contributed by atoms with Crippen molar-refractivity contribution in [2.24, 2.45) is 0 Å². The minimum atomic E-state index is 0.268. The van der Waals surface area contributed by atoms with Gasteiger partial charge in [-0.25, -0.2) is 9.36 Å². The molecule has 50 heavy (non-hydrogen) atoms. The first-order chi connectivity index (χ1) is 24.4. The Hall–Kier alpha value is -5.88. The second kappa shape index (κ2) is 13.9. The van der Waals surface area contributed by atoms with Crippen LogP contribution in [0.1, 0.15) is 48.9 Å². The number of ether oxygens (including phenoxy) is 1. The maximum absolute atomic E-state index is 5.64. The Morgan fingerprint density at radius 3 is 1.94 bits per heavy atom. The van der Waals surface area contributed by atoms with Crippen LogP contribution in [0.5, 0.6) is 5.75 Å². The number of hydrogen-bond donors (Lipinski definition) is 0. The molecule has 6 heteroatoms. The molecule has 0 radical (unpaired) electrons. The molecule has 0 spiro atoms. The van der Waals surface area contributed by atoms with Gasteiger partial charge in [0, 0.05) is 29.3 Å². The van der Waals surface area contributed by atoms with Crippen molar-refractivity contribution in [2.75, 3.05) is 12.0 Å². The average Bonchev–Trinajstić information content (AvgIpc) is 3.78. The summed E-state index contributed by atoms with van der Waals surface area (Å²) in [6.07, 6.45) is 0.912. The van der Waals surface area contributed by atoms with Crippen molar-refractivity contribution in [3.63, 3.8) is 0 Å². The number of para-hydroxylation sites is 1. The third kappa shape index (κ3) is 6.21. The van der Waals surface area contributed by atoms with Gasteiger partial charge in [-0.2, -0.15) is 0 Å². The van der Waals surface area contributed by atoms with Gasteiger partial charge in [-0.1, -0.05) is 111 Å². The van der Waals surface area contributed by atoms with E-state index >= 15 is 0 Å². The fourth-order valence-electron chi connectivity index (χ4n) is 6.64. The highest BCUT2D eigenvalue weighted by Crippen LogP contribution is 2.42. The lowest BCUT2D eigenvalue weighted by molar-refractivity contribution is 0.414. The summed E-state index contributed by atoms with van der Waals surface area (Å²) in [6.45, 7) is 10.9. The Labute approximate surface area is 295 Å². The van der Waals surface area contributed by atoms with E-state index < -0.39 is 0 Å². The zero-order chi connectivity index (χ0) is 34.8. The summed E-state index contributed by atoms with van der Waals surface area (Å²) in [7, 11) is 1.69. The number of benzene rings is 5. The predicted molar refractivity (Wildman–Crippen MR) is 206 cm³/mol. The van der Waals surface area contributed by atoms with Crippen LogP contribution in [0.25, 0.3) is 33.9 Å². The van der Waals surface area contributed by atoms with Crippen molar-refractivity contribution in [1.29, 1.82) is 0 Å². The molecule has 7 rings (SSSR count). The molecule has 0 atom stereocenters. The molecule has 0 aliphatic rings. The van der Waals surface area contributed by atoms with Crippen LogP contribution >= 0.6 is 0 Å². The topological polar surface area (TPSA) is 48.1 Å². The standard InChI is InChI=1S/C44H43N5O/c1-7-33-16-9-11-21-39(33)42-29-44(45-48(42)34-25-23-31(4)24-26-34)47(40-22-13-12-19-37(40)30(2)3)43-28-41(38-20-10-8-15-32(38)5)49(46-43)35-17-14-18-36(27-35)50-6/h8-30H,7H2,1-6H3. The van der Waals surface area contributed by atoms with Crippen molar-refractivity contribution in [3.05, 3.63) is 156 Å². The van der Waals surface area contributed by atoms with Gasteiger partial charge in [0.2, 0.25) is 0 Å². The average molecular weight is 658 g/mol. The van der Waals surface area contributed by atoms with Crippen LogP contribution in [0, 0.1) is 13.8 Å². The zero-order valence-corrected chi connectivity index (χ0v) is 29.6. The summed E-state index contributed by atoms with van der Waals surface area (Å²) in [5, 5.41) is 10.8. The third-order valence-corrected chi connectivity index (χ3v) is 9.32. The van der Waals surface area contributed by atoms with Gasteiger partial charge >= 0.3 is 0 Å². The molecule has 6 nitrogen and oxygen atoms in total. The normalized spacial score (nSPS) is 11.3. The van der Waals surface area contributed by atoms with Crippen molar-refractivity contribution >= 4 is 17.3 Å². The fraction of sp³-hybridized carbons (Fsp3) is 0.182. The summed E-state index contributed by atoms with van der Waals surface area (Å²) in [5.41, 5.74) is 12.1. The van der Waals surface area contributed by atoms with E-state index in [0.717, 1.165) is 63.4 Å². The first kappa shape index (κ1) is 32.7. The molecule has 0 fully saturated rings. The Bertz CT molecular complexity index is 2260. The molecule has 5 aromatic carbocycles. The number of aromatic nitrogens is 4. The molecule has 0 amide bonds. The molecule has 0 saturated heterocycles. The van der Waals surface area contributed by atoms with E-state index in [0.29, 0.717) is 0 Å². The Morgan fingerprint density at radius 2 is 1.26 bits per heavy atom. The predicted octanol–water partition coefficient (Wildman–Crippen LogP) is 11.2. The van der Waals surface area contributed by atoms with Gasteiger partial charge in [0.25, 0.3) is 0 Å². The highest BCUT2D eigenvalue weighted by Gasteiger charge is 2.27. The van der Waals surface area contributed by atoms with Gasteiger partial charge in [0.15, 0.2) is 11.6 Å². The maximum atomic E-state index is 5.64. The summed E-state index contributed by atoms with van der Waals surface area (Å²) < 4.78 is 9.74. The van der Waals surface area contributed by atoms with Gasteiger partial charge < -0.3 is 4.74 Å². The zero-order valence-electron chi connectivity index (χ0n) is 29.6. The number of rotatable bonds is 10. The first-order valence-electron chi connectivity index (χ1n) is 17.3. The van der Waals surface area contributed by atoms with E-state index in [2.05, 4.69) is 159 Å². The molecular formula is C44H43N5O. The van der Waals surface area contributed by atoms with Gasteiger partial charge in [-0.15, -0.1) is 10.2 Å². The summed E-state index contributed by atoms with van der Waals surface area (Å²) in [4.78, 5) is 2.22. The van der Waals surface area contributed by atoms with Crippen molar-refractivity contribution in [2.45, 2.75) is 47.0 Å². The van der Waals surface area contributed by atoms with Crippen LogP contribution in [-0.2, 0) is 6.42 Å². The molecule has 0 unspecified atom stereocenters. The van der Waals surface area contributed by atoms with Gasteiger partial charge in [-0.05, 0) is 73.2 Å². The van der Waals surface area contributed by atoms with Crippen LogP contribution in [0.2, 0.25) is 0 Å². The number of methoxy groups -OCH3 is 1. The molecule has 2 heterocycles.